The highest BCUT2D eigenvalue weighted by molar-refractivity contribution is 5.37. The van der Waals surface area contributed by atoms with Crippen molar-refractivity contribution >= 4 is 0 Å². The van der Waals surface area contributed by atoms with Crippen molar-refractivity contribution in [3.63, 3.8) is 0 Å². The normalized spacial score (nSPS) is 25.0. The summed E-state index contributed by atoms with van der Waals surface area (Å²) in [5.41, 5.74) is 5.28. The highest BCUT2D eigenvalue weighted by atomic mass is 16.5. The van der Waals surface area contributed by atoms with Gasteiger partial charge in [-0.05, 0) is 49.8 Å². The van der Waals surface area contributed by atoms with Crippen molar-refractivity contribution < 1.29 is 4.74 Å². The lowest BCUT2D eigenvalue weighted by molar-refractivity contribution is 0.166. The van der Waals surface area contributed by atoms with Gasteiger partial charge in [-0.2, -0.15) is 0 Å². The smallest absolute Gasteiger partial charge is 0.131 e. The van der Waals surface area contributed by atoms with Gasteiger partial charge >= 0.3 is 0 Å². The molecule has 1 aliphatic carbocycles. The molecule has 0 amide bonds. The number of aryl methyl sites for hydroxylation is 1. The summed E-state index contributed by atoms with van der Waals surface area (Å²) in [6.07, 6.45) is 8.27. The Bertz CT molecular complexity index is 815. The van der Waals surface area contributed by atoms with Crippen LogP contribution in [0.5, 0.6) is 5.75 Å². The Morgan fingerprint density at radius 1 is 1.20 bits per heavy atom. The molecule has 1 saturated heterocycles. The van der Waals surface area contributed by atoms with Gasteiger partial charge in [-0.25, -0.2) is 9.97 Å². The number of aromatic nitrogens is 2. The molecule has 3 heterocycles. The second-order valence-electron chi connectivity index (χ2n) is 7.83. The third-order valence-electron chi connectivity index (χ3n) is 6.12. The molecule has 0 spiro atoms. The minimum Gasteiger partial charge on any atom is -0.496 e. The predicted octanol–water partition coefficient (Wildman–Crippen LogP) is 3.93. The van der Waals surface area contributed by atoms with E-state index in [1.807, 2.05) is 0 Å². The Labute approximate surface area is 149 Å². The Hall–Kier alpha value is -1.94. The SMILES string of the molecule is COc1ccc(CN2[C@@H]3CC[C@@H]2c2cnc(C4CC4)nc2C3)cc1C. The van der Waals surface area contributed by atoms with Crippen molar-refractivity contribution in [3.05, 3.63) is 52.6 Å². The first-order valence-corrected chi connectivity index (χ1v) is 9.48. The fourth-order valence-corrected chi connectivity index (χ4v) is 4.62. The summed E-state index contributed by atoms with van der Waals surface area (Å²) in [7, 11) is 1.74. The van der Waals surface area contributed by atoms with E-state index >= 15 is 0 Å². The number of benzene rings is 1. The largest absolute Gasteiger partial charge is 0.496 e. The van der Waals surface area contributed by atoms with E-state index in [9.17, 15) is 0 Å². The van der Waals surface area contributed by atoms with E-state index in [-0.39, 0.29) is 0 Å². The lowest BCUT2D eigenvalue weighted by Crippen LogP contribution is -2.37. The van der Waals surface area contributed by atoms with Crippen molar-refractivity contribution in [3.8, 4) is 5.75 Å². The Morgan fingerprint density at radius 2 is 2.08 bits per heavy atom. The molecule has 2 aliphatic heterocycles. The minimum absolute atomic E-state index is 0.490. The molecule has 25 heavy (non-hydrogen) atoms. The van der Waals surface area contributed by atoms with Gasteiger partial charge in [0, 0.05) is 42.7 Å². The molecule has 0 unspecified atom stereocenters. The van der Waals surface area contributed by atoms with E-state index < -0.39 is 0 Å². The van der Waals surface area contributed by atoms with Crippen LogP contribution in [-0.4, -0.2) is 28.0 Å². The number of rotatable bonds is 4. The quantitative estimate of drug-likeness (QED) is 0.848. The number of fused-ring (bicyclic) bond motifs is 4. The van der Waals surface area contributed by atoms with Gasteiger partial charge in [0.1, 0.15) is 11.6 Å². The molecule has 1 saturated carbocycles. The van der Waals surface area contributed by atoms with Crippen molar-refractivity contribution in [1.29, 1.82) is 0 Å². The van der Waals surface area contributed by atoms with Gasteiger partial charge in [0.05, 0.1) is 12.8 Å². The first-order valence-electron chi connectivity index (χ1n) is 9.48. The maximum atomic E-state index is 5.40. The Balaban J connectivity index is 1.41. The number of nitrogens with zero attached hydrogens (tertiary/aromatic N) is 3. The van der Waals surface area contributed by atoms with Crippen molar-refractivity contribution in [1.82, 2.24) is 14.9 Å². The minimum atomic E-state index is 0.490. The monoisotopic (exact) mass is 335 g/mol. The maximum Gasteiger partial charge on any atom is 0.131 e. The fraction of sp³-hybridized carbons (Fsp3) is 0.524. The number of methoxy groups -OCH3 is 1. The summed E-state index contributed by atoms with van der Waals surface area (Å²) in [5, 5.41) is 0. The molecule has 5 rings (SSSR count). The van der Waals surface area contributed by atoms with Crippen LogP contribution >= 0.6 is 0 Å². The number of hydrogen-bond acceptors (Lipinski definition) is 4. The maximum absolute atomic E-state index is 5.40. The molecule has 0 N–H and O–H groups in total. The third kappa shape index (κ3) is 2.63. The van der Waals surface area contributed by atoms with Gasteiger partial charge in [0.25, 0.3) is 0 Å². The average molecular weight is 335 g/mol. The molecular weight excluding hydrogens is 310 g/mol. The van der Waals surface area contributed by atoms with Gasteiger partial charge in [-0.1, -0.05) is 12.1 Å². The van der Waals surface area contributed by atoms with Crippen LogP contribution in [0.4, 0.5) is 0 Å². The molecule has 2 fully saturated rings. The highest BCUT2D eigenvalue weighted by Crippen LogP contribution is 2.45. The molecule has 2 aromatic rings. The second kappa shape index (κ2) is 5.80. The number of ether oxygens (including phenoxy) is 1. The van der Waals surface area contributed by atoms with Crippen LogP contribution in [0.15, 0.2) is 24.4 Å². The molecule has 2 atom stereocenters. The van der Waals surface area contributed by atoms with E-state index in [0.29, 0.717) is 18.0 Å². The molecule has 0 radical (unpaired) electrons. The molecule has 1 aromatic heterocycles. The molecule has 2 bridgehead atoms. The summed E-state index contributed by atoms with van der Waals surface area (Å²) in [6.45, 7) is 3.12. The zero-order valence-electron chi connectivity index (χ0n) is 15.0. The first-order chi connectivity index (χ1) is 12.2. The molecule has 4 heteroatoms. The van der Waals surface area contributed by atoms with Gasteiger partial charge in [-0.15, -0.1) is 0 Å². The predicted molar refractivity (Wildman–Crippen MR) is 96.7 cm³/mol. The van der Waals surface area contributed by atoms with Crippen LogP contribution in [0.3, 0.4) is 0 Å². The zero-order valence-corrected chi connectivity index (χ0v) is 15.0. The van der Waals surface area contributed by atoms with Crippen LogP contribution in [-0.2, 0) is 13.0 Å². The lowest BCUT2D eigenvalue weighted by atomic mass is 9.98. The summed E-state index contributed by atoms with van der Waals surface area (Å²) < 4.78 is 5.40. The van der Waals surface area contributed by atoms with Gasteiger partial charge in [0.2, 0.25) is 0 Å². The third-order valence-corrected chi connectivity index (χ3v) is 6.12. The lowest BCUT2D eigenvalue weighted by Gasteiger charge is -2.35. The van der Waals surface area contributed by atoms with E-state index in [4.69, 9.17) is 14.7 Å². The Kier molecular flexibility index (Phi) is 3.56. The van der Waals surface area contributed by atoms with E-state index in [0.717, 1.165) is 24.5 Å². The van der Waals surface area contributed by atoms with E-state index in [1.165, 1.54) is 48.1 Å². The van der Waals surface area contributed by atoms with Crippen LogP contribution < -0.4 is 4.74 Å². The summed E-state index contributed by atoms with van der Waals surface area (Å²) in [4.78, 5) is 12.3. The van der Waals surface area contributed by atoms with E-state index in [2.05, 4.69) is 36.2 Å². The van der Waals surface area contributed by atoms with Gasteiger partial charge < -0.3 is 4.74 Å². The number of hydrogen-bond donors (Lipinski definition) is 0. The van der Waals surface area contributed by atoms with Crippen LogP contribution in [0.1, 0.15) is 65.9 Å². The summed E-state index contributed by atoms with van der Waals surface area (Å²) in [5.74, 6) is 2.71. The van der Waals surface area contributed by atoms with Crippen LogP contribution in [0, 0.1) is 6.92 Å². The highest BCUT2D eigenvalue weighted by Gasteiger charge is 2.41. The van der Waals surface area contributed by atoms with Gasteiger partial charge in [-0.3, -0.25) is 4.90 Å². The van der Waals surface area contributed by atoms with E-state index in [1.54, 1.807) is 7.11 Å². The molecule has 1 aromatic carbocycles. The topological polar surface area (TPSA) is 38.2 Å². The average Bonchev–Trinajstić information content (AvgIpc) is 3.42. The summed E-state index contributed by atoms with van der Waals surface area (Å²) >= 11 is 0. The molecule has 4 nitrogen and oxygen atoms in total. The zero-order chi connectivity index (χ0) is 17.0. The van der Waals surface area contributed by atoms with Crippen LogP contribution in [0.25, 0.3) is 0 Å². The molecular formula is C21H25N3O. The van der Waals surface area contributed by atoms with Crippen LogP contribution in [0.2, 0.25) is 0 Å². The first kappa shape index (κ1) is 15.3. The Morgan fingerprint density at radius 3 is 2.84 bits per heavy atom. The molecule has 130 valence electrons. The standard InChI is InChI=1S/C21H25N3O/c1-13-9-14(3-8-20(13)25-2)12-24-16-6-7-19(24)17-11-22-21(15-4-5-15)23-18(17)10-16/h3,8-9,11,15-16,19H,4-7,10,12H2,1-2H3/t16-,19-/m1/s1. The fourth-order valence-electron chi connectivity index (χ4n) is 4.62. The van der Waals surface area contributed by atoms with Crippen molar-refractivity contribution in [2.45, 2.75) is 63.6 Å². The molecule has 3 aliphatic rings. The second-order valence-corrected chi connectivity index (χ2v) is 7.83. The van der Waals surface area contributed by atoms with Crippen molar-refractivity contribution in [2.75, 3.05) is 7.11 Å². The summed E-state index contributed by atoms with van der Waals surface area (Å²) in [6, 6.07) is 7.68. The van der Waals surface area contributed by atoms with Crippen molar-refractivity contribution in [2.24, 2.45) is 0 Å². The van der Waals surface area contributed by atoms with Gasteiger partial charge in [0.15, 0.2) is 0 Å².